The van der Waals surface area contributed by atoms with Gasteiger partial charge in [0.1, 0.15) is 0 Å². The van der Waals surface area contributed by atoms with Gasteiger partial charge in [-0.1, -0.05) is 30.3 Å². The number of hydrogen-bond acceptors (Lipinski definition) is 2. The molecular weight excluding hydrogens is 222 g/mol. The maximum atomic E-state index is 9.07. The Morgan fingerprint density at radius 2 is 1.83 bits per heavy atom. The van der Waals surface area contributed by atoms with Crippen LogP contribution in [0.15, 0.2) is 59.4 Å². The van der Waals surface area contributed by atoms with Gasteiger partial charge in [-0.3, -0.25) is 0 Å². The molecule has 0 bridgehead atoms. The van der Waals surface area contributed by atoms with Gasteiger partial charge in [-0.05, 0) is 29.7 Å². The van der Waals surface area contributed by atoms with Gasteiger partial charge in [-0.15, -0.1) is 0 Å². The van der Waals surface area contributed by atoms with E-state index in [1.54, 1.807) is 12.5 Å². The molecule has 86 valence electrons. The third kappa shape index (κ3) is 1.87. The molecule has 0 aliphatic heterocycles. The van der Waals surface area contributed by atoms with Gasteiger partial charge in [-0.2, -0.15) is 5.26 Å². The van der Waals surface area contributed by atoms with Gasteiger partial charge in [0.25, 0.3) is 0 Å². The van der Waals surface area contributed by atoms with Crippen LogP contribution in [-0.2, 0) is 6.42 Å². The molecule has 1 aromatic heterocycles. The van der Waals surface area contributed by atoms with E-state index in [4.69, 9.17) is 9.68 Å². The number of nitrogens with zero attached hydrogens (tertiary/aromatic N) is 1. The summed E-state index contributed by atoms with van der Waals surface area (Å²) < 4.78 is 5.16. The van der Waals surface area contributed by atoms with Crippen LogP contribution >= 0.6 is 0 Å². The van der Waals surface area contributed by atoms with Gasteiger partial charge < -0.3 is 4.42 Å². The number of nitriles is 1. The topological polar surface area (TPSA) is 36.9 Å². The molecule has 3 rings (SSSR count). The van der Waals surface area contributed by atoms with Crippen LogP contribution in [0.25, 0.3) is 10.8 Å². The SMILES string of the molecule is N#Cc1ccccc1Cc1ccc2cocc2c1. The van der Waals surface area contributed by atoms with E-state index >= 15 is 0 Å². The van der Waals surface area contributed by atoms with Crippen molar-refractivity contribution in [1.82, 2.24) is 0 Å². The van der Waals surface area contributed by atoms with Crippen molar-refractivity contribution in [2.45, 2.75) is 6.42 Å². The standard InChI is InChI=1S/C16H11NO/c17-9-14-4-2-1-3-13(14)7-12-5-6-15-10-18-11-16(15)8-12/h1-6,8,10-11H,7H2. The van der Waals surface area contributed by atoms with Crippen LogP contribution in [-0.4, -0.2) is 0 Å². The van der Waals surface area contributed by atoms with Crippen molar-refractivity contribution in [3.63, 3.8) is 0 Å². The predicted octanol–water partition coefficient (Wildman–Crippen LogP) is 3.90. The van der Waals surface area contributed by atoms with E-state index in [0.29, 0.717) is 0 Å². The van der Waals surface area contributed by atoms with Crippen molar-refractivity contribution in [2.75, 3.05) is 0 Å². The Morgan fingerprint density at radius 1 is 1.00 bits per heavy atom. The zero-order chi connectivity index (χ0) is 12.4. The van der Waals surface area contributed by atoms with E-state index in [1.165, 1.54) is 5.56 Å². The minimum Gasteiger partial charge on any atom is -0.471 e. The molecule has 0 fully saturated rings. The first-order chi connectivity index (χ1) is 8.86. The summed E-state index contributed by atoms with van der Waals surface area (Å²) in [5, 5.41) is 11.3. The van der Waals surface area contributed by atoms with E-state index in [9.17, 15) is 0 Å². The first-order valence-electron chi connectivity index (χ1n) is 5.79. The van der Waals surface area contributed by atoms with Crippen molar-refractivity contribution < 1.29 is 4.42 Å². The number of benzene rings is 2. The molecule has 0 N–H and O–H groups in total. The summed E-state index contributed by atoms with van der Waals surface area (Å²) in [5.74, 6) is 0. The molecule has 18 heavy (non-hydrogen) atoms. The van der Waals surface area contributed by atoms with Gasteiger partial charge in [0.2, 0.25) is 0 Å². The fraction of sp³-hybridized carbons (Fsp3) is 0.0625. The van der Waals surface area contributed by atoms with Gasteiger partial charge in [-0.25, -0.2) is 0 Å². The summed E-state index contributed by atoms with van der Waals surface area (Å²) in [4.78, 5) is 0. The molecule has 2 heteroatoms. The van der Waals surface area contributed by atoms with E-state index in [2.05, 4.69) is 18.2 Å². The Morgan fingerprint density at radius 3 is 2.72 bits per heavy atom. The van der Waals surface area contributed by atoms with Gasteiger partial charge >= 0.3 is 0 Å². The second-order valence-corrected chi connectivity index (χ2v) is 4.28. The van der Waals surface area contributed by atoms with Crippen LogP contribution in [0.1, 0.15) is 16.7 Å². The number of fused-ring (bicyclic) bond motifs is 1. The lowest BCUT2D eigenvalue weighted by molar-refractivity contribution is 0.572. The highest BCUT2D eigenvalue weighted by Crippen LogP contribution is 2.20. The van der Waals surface area contributed by atoms with Crippen molar-refractivity contribution in [1.29, 1.82) is 5.26 Å². The molecule has 1 heterocycles. The number of furan rings is 1. The van der Waals surface area contributed by atoms with Crippen LogP contribution in [0, 0.1) is 11.3 Å². The maximum Gasteiger partial charge on any atom is 0.0994 e. The molecule has 0 saturated carbocycles. The first kappa shape index (κ1) is 10.6. The number of rotatable bonds is 2. The van der Waals surface area contributed by atoms with Gasteiger partial charge in [0.05, 0.1) is 24.2 Å². The molecule has 3 aromatic rings. The molecule has 0 amide bonds. The summed E-state index contributed by atoms with van der Waals surface area (Å²) in [7, 11) is 0. The van der Waals surface area contributed by atoms with Gasteiger partial charge in [0, 0.05) is 10.8 Å². The third-order valence-electron chi connectivity index (χ3n) is 3.07. The normalized spacial score (nSPS) is 10.4. The smallest absolute Gasteiger partial charge is 0.0994 e. The van der Waals surface area contributed by atoms with Crippen LogP contribution in [0.2, 0.25) is 0 Å². The predicted molar refractivity (Wildman–Crippen MR) is 70.2 cm³/mol. The fourth-order valence-corrected chi connectivity index (χ4v) is 2.13. The minimum absolute atomic E-state index is 0.741. The molecule has 0 aliphatic rings. The van der Waals surface area contributed by atoms with Crippen LogP contribution < -0.4 is 0 Å². The van der Waals surface area contributed by atoms with Crippen molar-refractivity contribution in [2.24, 2.45) is 0 Å². The summed E-state index contributed by atoms with van der Waals surface area (Å²) in [6, 6.07) is 16.2. The molecule has 0 unspecified atom stereocenters. The molecule has 2 nitrogen and oxygen atoms in total. The summed E-state index contributed by atoms with van der Waals surface area (Å²) in [5.41, 5.74) is 2.99. The van der Waals surface area contributed by atoms with Crippen molar-refractivity contribution >= 4 is 10.8 Å². The van der Waals surface area contributed by atoms with Gasteiger partial charge in [0.15, 0.2) is 0 Å². The Balaban J connectivity index is 1.98. The summed E-state index contributed by atoms with van der Waals surface area (Å²) in [6.45, 7) is 0. The lowest BCUT2D eigenvalue weighted by Crippen LogP contribution is -1.91. The first-order valence-corrected chi connectivity index (χ1v) is 5.79. The Labute approximate surface area is 105 Å². The zero-order valence-corrected chi connectivity index (χ0v) is 9.76. The highest BCUT2D eigenvalue weighted by atomic mass is 16.3. The molecule has 0 atom stereocenters. The molecule has 0 saturated heterocycles. The molecular formula is C16H11NO. The maximum absolute atomic E-state index is 9.07. The van der Waals surface area contributed by atoms with E-state index in [-0.39, 0.29) is 0 Å². The Bertz CT molecular complexity index is 734. The van der Waals surface area contributed by atoms with E-state index in [0.717, 1.165) is 28.3 Å². The highest BCUT2D eigenvalue weighted by molar-refractivity contribution is 5.81. The number of hydrogen-bond donors (Lipinski definition) is 0. The van der Waals surface area contributed by atoms with E-state index in [1.807, 2.05) is 30.3 Å². The Kier molecular flexibility index (Phi) is 2.59. The highest BCUT2D eigenvalue weighted by Gasteiger charge is 2.03. The van der Waals surface area contributed by atoms with Crippen molar-refractivity contribution in [3.8, 4) is 6.07 Å². The molecule has 0 aliphatic carbocycles. The average molecular weight is 233 g/mol. The van der Waals surface area contributed by atoms with Crippen molar-refractivity contribution in [3.05, 3.63) is 71.7 Å². The molecule has 0 spiro atoms. The Hall–Kier alpha value is -2.53. The summed E-state index contributed by atoms with van der Waals surface area (Å²) >= 11 is 0. The molecule has 2 aromatic carbocycles. The largest absolute Gasteiger partial charge is 0.471 e. The second kappa shape index (κ2) is 4.38. The monoisotopic (exact) mass is 233 g/mol. The minimum atomic E-state index is 0.741. The van der Waals surface area contributed by atoms with Crippen LogP contribution in [0.3, 0.4) is 0 Å². The average Bonchev–Trinajstić information content (AvgIpc) is 2.87. The fourth-order valence-electron chi connectivity index (χ4n) is 2.13. The van der Waals surface area contributed by atoms with E-state index < -0.39 is 0 Å². The lowest BCUT2D eigenvalue weighted by Gasteiger charge is -2.04. The quantitative estimate of drug-likeness (QED) is 0.673. The van der Waals surface area contributed by atoms with Crippen LogP contribution in [0.4, 0.5) is 0 Å². The third-order valence-corrected chi connectivity index (χ3v) is 3.07. The van der Waals surface area contributed by atoms with Crippen LogP contribution in [0.5, 0.6) is 0 Å². The molecule has 0 radical (unpaired) electrons. The summed E-state index contributed by atoms with van der Waals surface area (Å²) in [6.07, 6.45) is 4.25. The lowest BCUT2D eigenvalue weighted by atomic mass is 9.99. The second-order valence-electron chi connectivity index (χ2n) is 4.28. The zero-order valence-electron chi connectivity index (χ0n) is 9.76.